The molecule has 1 aromatic rings. The average molecular weight is 243 g/mol. The smallest absolute Gasteiger partial charge is 0.351 e. The number of hydrogen-bond donors (Lipinski definition) is 4. The van der Waals surface area contributed by atoms with Crippen molar-refractivity contribution in [3.05, 3.63) is 22.7 Å². The molecule has 3 atom stereocenters. The van der Waals surface area contributed by atoms with Gasteiger partial charge in [0.2, 0.25) is 0 Å². The number of ether oxygens (including phenoxy) is 1. The van der Waals surface area contributed by atoms with Gasteiger partial charge in [0.15, 0.2) is 5.72 Å². The van der Waals surface area contributed by atoms with Gasteiger partial charge in [0.25, 0.3) is 0 Å². The number of aromatic nitrogens is 2. The third-order valence-electron chi connectivity index (χ3n) is 2.76. The fraction of sp³-hybridized carbons (Fsp3) is 0.556. The van der Waals surface area contributed by atoms with Crippen LogP contribution in [0.4, 0.5) is 5.82 Å². The average Bonchev–Trinajstić information content (AvgIpc) is 2.56. The summed E-state index contributed by atoms with van der Waals surface area (Å²) < 4.78 is 5.84. The molecule has 5 N–H and O–H groups in total. The van der Waals surface area contributed by atoms with E-state index in [2.05, 4.69) is 4.98 Å². The Labute approximate surface area is 95.9 Å². The van der Waals surface area contributed by atoms with Crippen molar-refractivity contribution in [2.24, 2.45) is 0 Å². The van der Waals surface area contributed by atoms with Crippen molar-refractivity contribution in [2.75, 3.05) is 18.9 Å². The second kappa shape index (κ2) is 4.08. The summed E-state index contributed by atoms with van der Waals surface area (Å²) in [5, 5.41) is 28.9. The summed E-state index contributed by atoms with van der Waals surface area (Å²) in [5.41, 5.74) is 2.58. The van der Waals surface area contributed by atoms with Crippen LogP contribution < -0.4 is 11.4 Å². The van der Waals surface area contributed by atoms with Gasteiger partial charge in [-0.15, -0.1) is 0 Å². The van der Waals surface area contributed by atoms with Gasteiger partial charge in [-0.25, -0.2) is 4.79 Å². The number of aliphatic hydroxyl groups excluding tert-OH is 2. The highest BCUT2D eigenvalue weighted by Gasteiger charge is 2.49. The minimum Gasteiger partial charge on any atom is -0.394 e. The number of anilines is 1. The Morgan fingerprint density at radius 2 is 2.41 bits per heavy atom. The van der Waals surface area contributed by atoms with E-state index in [1.165, 1.54) is 12.3 Å². The molecule has 0 aromatic carbocycles. The fourth-order valence-corrected chi connectivity index (χ4v) is 1.78. The second-order valence-electron chi connectivity index (χ2n) is 3.86. The van der Waals surface area contributed by atoms with E-state index in [0.29, 0.717) is 0 Å². The summed E-state index contributed by atoms with van der Waals surface area (Å²) in [6.45, 7) is -0.772. The maximum atomic E-state index is 11.6. The fourth-order valence-electron chi connectivity index (χ4n) is 1.78. The van der Waals surface area contributed by atoms with Crippen molar-refractivity contribution in [3.8, 4) is 0 Å². The second-order valence-corrected chi connectivity index (χ2v) is 3.86. The summed E-state index contributed by atoms with van der Waals surface area (Å²) in [4.78, 5) is 15.0. The van der Waals surface area contributed by atoms with Gasteiger partial charge in [-0.3, -0.25) is 4.57 Å². The standard InChI is InChI=1S/C9H13N3O5/c10-6-1-2-12(8(15)11-6)9(16)4-17-5(3-13)7(9)14/h1-2,5,7,13-14,16H,3-4H2,(H2,10,11,15)/t5-,7-,9?/m1/s1. The third-order valence-corrected chi connectivity index (χ3v) is 2.76. The maximum absolute atomic E-state index is 11.6. The lowest BCUT2D eigenvalue weighted by molar-refractivity contribution is -0.115. The van der Waals surface area contributed by atoms with E-state index in [1.807, 2.05) is 0 Å². The Hall–Kier alpha value is -1.48. The van der Waals surface area contributed by atoms with Crippen LogP contribution in [0.5, 0.6) is 0 Å². The van der Waals surface area contributed by atoms with Crippen molar-refractivity contribution < 1.29 is 20.1 Å². The van der Waals surface area contributed by atoms with E-state index in [9.17, 15) is 15.0 Å². The monoisotopic (exact) mass is 243 g/mol. The summed E-state index contributed by atoms with van der Waals surface area (Å²) in [6, 6.07) is 1.32. The van der Waals surface area contributed by atoms with Crippen LogP contribution >= 0.6 is 0 Å². The van der Waals surface area contributed by atoms with Crippen LogP contribution in [-0.2, 0) is 10.5 Å². The maximum Gasteiger partial charge on any atom is 0.351 e. The molecule has 1 fully saturated rings. The lowest BCUT2D eigenvalue weighted by Crippen LogP contribution is -2.51. The molecule has 0 aliphatic carbocycles. The third kappa shape index (κ3) is 1.80. The van der Waals surface area contributed by atoms with Crippen LogP contribution in [0.15, 0.2) is 17.1 Å². The van der Waals surface area contributed by atoms with Gasteiger partial charge < -0.3 is 25.8 Å². The van der Waals surface area contributed by atoms with Gasteiger partial charge in [-0.1, -0.05) is 0 Å². The van der Waals surface area contributed by atoms with Crippen LogP contribution in [0.3, 0.4) is 0 Å². The molecule has 1 unspecified atom stereocenters. The molecule has 94 valence electrons. The molecule has 0 bridgehead atoms. The number of nitrogen functional groups attached to an aromatic ring is 1. The zero-order valence-electron chi connectivity index (χ0n) is 8.85. The predicted octanol–water partition coefficient (Wildman–Crippen LogP) is -2.78. The lowest BCUT2D eigenvalue weighted by atomic mass is 10.1. The Kier molecular flexibility index (Phi) is 2.87. The van der Waals surface area contributed by atoms with Gasteiger partial charge in [0.05, 0.1) is 13.2 Å². The molecule has 1 aliphatic rings. The first-order chi connectivity index (χ1) is 7.99. The Bertz CT molecular complexity index is 476. The van der Waals surface area contributed by atoms with Crippen LogP contribution in [0.1, 0.15) is 0 Å². The molecule has 8 nitrogen and oxygen atoms in total. The molecule has 1 aliphatic heterocycles. The van der Waals surface area contributed by atoms with Gasteiger partial charge in [0.1, 0.15) is 18.0 Å². The molecule has 0 spiro atoms. The van der Waals surface area contributed by atoms with E-state index in [-0.39, 0.29) is 12.4 Å². The Morgan fingerprint density at radius 3 is 2.94 bits per heavy atom. The van der Waals surface area contributed by atoms with Crippen LogP contribution in [-0.4, -0.2) is 50.3 Å². The molecule has 17 heavy (non-hydrogen) atoms. The van der Waals surface area contributed by atoms with Crippen molar-refractivity contribution >= 4 is 5.82 Å². The van der Waals surface area contributed by atoms with Gasteiger partial charge in [-0.2, -0.15) is 4.98 Å². The molecule has 0 radical (unpaired) electrons. The van der Waals surface area contributed by atoms with E-state index < -0.39 is 30.2 Å². The highest BCUT2D eigenvalue weighted by Crippen LogP contribution is 2.28. The number of nitrogens with zero attached hydrogens (tertiary/aromatic N) is 2. The highest BCUT2D eigenvalue weighted by atomic mass is 16.5. The first-order valence-corrected chi connectivity index (χ1v) is 4.97. The molecule has 2 heterocycles. The summed E-state index contributed by atoms with van der Waals surface area (Å²) >= 11 is 0. The van der Waals surface area contributed by atoms with Crippen LogP contribution in [0, 0.1) is 0 Å². The normalized spacial score (nSPS) is 32.9. The Morgan fingerprint density at radius 1 is 1.71 bits per heavy atom. The molecule has 8 heteroatoms. The van der Waals surface area contributed by atoms with Gasteiger partial charge in [-0.05, 0) is 6.07 Å². The molecular formula is C9H13N3O5. The topological polar surface area (TPSA) is 131 Å². The van der Waals surface area contributed by atoms with Gasteiger partial charge >= 0.3 is 5.69 Å². The lowest BCUT2D eigenvalue weighted by Gasteiger charge is -2.27. The molecule has 0 saturated carbocycles. The highest BCUT2D eigenvalue weighted by molar-refractivity contribution is 5.24. The number of aliphatic hydroxyl groups is 3. The van der Waals surface area contributed by atoms with E-state index in [1.54, 1.807) is 0 Å². The van der Waals surface area contributed by atoms with Crippen LogP contribution in [0.25, 0.3) is 0 Å². The van der Waals surface area contributed by atoms with Crippen molar-refractivity contribution in [1.29, 1.82) is 0 Å². The Balaban J connectivity index is 2.42. The van der Waals surface area contributed by atoms with Crippen molar-refractivity contribution in [1.82, 2.24) is 9.55 Å². The van der Waals surface area contributed by atoms with Crippen molar-refractivity contribution in [2.45, 2.75) is 17.9 Å². The van der Waals surface area contributed by atoms with Gasteiger partial charge in [0, 0.05) is 6.20 Å². The molecule has 2 rings (SSSR count). The first-order valence-electron chi connectivity index (χ1n) is 4.97. The molecular weight excluding hydrogens is 230 g/mol. The van der Waals surface area contributed by atoms with Crippen molar-refractivity contribution in [3.63, 3.8) is 0 Å². The summed E-state index contributed by atoms with van der Waals surface area (Å²) in [6.07, 6.45) is -1.14. The van der Waals surface area contributed by atoms with Crippen LogP contribution in [0.2, 0.25) is 0 Å². The van der Waals surface area contributed by atoms with E-state index in [0.717, 1.165) is 4.57 Å². The molecule has 0 amide bonds. The molecule has 1 aromatic heterocycles. The summed E-state index contributed by atoms with van der Waals surface area (Å²) in [5.74, 6) is 0.0157. The number of rotatable bonds is 2. The largest absolute Gasteiger partial charge is 0.394 e. The zero-order valence-corrected chi connectivity index (χ0v) is 8.85. The quantitative estimate of drug-likeness (QED) is 0.442. The number of nitrogens with two attached hydrogens (primary N) is 1. The number of hydrogen-bond acceptors (Lipinski definition) is 7. The zero-order chi connectivity index (χ0) is 12.6. The van der Waals surface area contributed by atoms with E-state index in [4.69, 9.17) is 15.6 Å². The summed E-state index contributed by atoms with van der Waals surface area (Å²) in [7, 11) is 0. The SMILES string of the molecule is Nc1ccn(C2(O)CO[C@H](CO)[C@H]2O)c(=O)n1. The minimum absolute atomic E-state index is 0.0157. The minimum atomic E-state index is -1.94. The predicted molar refractivity (Wildman–Crippen MR) is 55.9 cm³/mol. The first kappa shape index (κ1) is 12.0. The van der Waals surface area contributed by atoms with E-state index >= 15 is 0 Å². The molecule has 1 saturated heterocycles.